The number of carbonyl (C=O) groups is 1. The molecule has 1 unspecified atom stereocenters. The maximum absolute atomic E-state index is 11.8. The van der Waals surface area contributed by atoms with Gasteiger partial charge in [-0.25, -0.2) is 8.42 Å². The monoisotopic (exact) mass is 333 g/mol. The molecule has 1 fully saturated rings. The quantitative estimate of drug-likeness (QED) is 0.773. The number of aryl methyl sites for hydroxylation is 1. The van der Waals surface area contributed by atoms with Gasteiger partial charge in [-0.2, -0.15) is 0 Å². The Labute approximate surface area is 128 Å². The number of aromatic nitrogens is 3. The third-order valence-corrected chi connectivity index (χ3v) is 6.32. The van der Waals surface area contributed by atoms with Crippen LogP contribution in [0.2, 0.25) is 0 Å². The van der Waals surface area contributed by atoms with E-state index in [1.807, 2.05) is 18.4 Å². The van der Waals surface area contributed by atoms with Crippen molar-refractivity contribution >= 4 is 27.6 Å². The van der Waals surface area contributed by atoms with Crippen molar-refractivity contribution in [3.8, 4) is 0 Å². The molecule has 0 spiro atoms. The molecule has 1 atom stereocenters. The highest BCUT2D eigenvalue weighted by atomic mass is 32.2. The second kappa shape index (κ2) is 5.96. The van der Waals surface area contributed by atoms with Crippen molar-refractivity contribution in [3.63, 3.8) is 0 Å². The van der Waals surface area contributed by atoms with Gasteiger partial charge in [-0.1, -0.05) is 18.7 Å². The number of nitrogens with zero attached hydrogens (tertiary/aromatic N) is 3. The van der Waals surface area contributed by atoms with Gasteiger partial charge < -0.3 is 5.11 Å². The Morgan fingerprint density at radius 1 is 1.48 bits per heavy atom. The van der Waals surface area contributed by atoms with E-state index in [2.05, 4.69) is 10.2 Å². The molecule has 9 heteroatoms. The number of carboxylic acid groups (broad SMARTS) is 1. The predicted molar refractivity (Wildman–Crippen MR) is 79.3 cm³/mol. The van der Waals surface area contributed by atoms with E-state index < -0.39 is 21.3 Å². The summed E-state index contributed by atoms with van der Waals surface area (Å²) in [7, 11) is -3.06. The SMILES string of the molecule is CCCc1nnc(SCC(=O)O)n1C1(C)CCS(=O)(=O)C1. The molecule has 1 aliphatic rings. The van der Waals surface area contributed by atoms with E-state index in [1.54, 1.807) is 0 Å². The maximum atomic E-state index is 11.8. The van der Waals surface area contributed by atoms with Gasteiger partial charge in [0.2, 0.25) is 0 Å². The van der Waals surface area contributed by atoms with E-state index in [-0.39, 0.29) is 17.3 Å². The third kappa shape index (κ3) is 3.57. The van der Waals surface area contributed by atoms with Gasteiger partial charge in [-0.15, -0.1) is 10.2 Å². The molecule has 0 aliphatic carbocycles. The van der Waals surface area contributed by atoms with E-state index >= 15 is 0 Å². The first kappa shape index (κ1) is 16.3. The fourth-order valence-corrected chi connectivity index (χ4v) is 5.54. The van der Waals surface area contributed by atoms with Crippen LogP contribution in [0.3, 0.4) is 0 Å². The molecular weight excluding hydrogens is 314 g/mol. The molecule has 118 valence electrons. The number of thioether (sulfide) groups is 1. The Morgan fingerprint density at radius 3 is 2.71 bits per heavy atom. The van der Waals surface area contributed by atoms with E-state index in [0.717, 1.165) is 24.0 Å². The van der Waals surface area contributed by atoms with Crippen LogP contribution in [0.1, 0.15) is 32.5 Å². The maximum Gasteiger partial charge on any atom is 0.313 e. The van der Waals surface area contributed by atoms with Gasteiger partial charge in [0.05, 0.1) is 22.8 Å². The highest BCUT2D eigenvalue weighted by molar-refractivity contribution is 7.99. The van der Waals surface area contributed by atoms with Crippen LogP contribution in [0, 0.1) is 0 Å². The zero-order valence-electron chi connectivity index (χ0n) is 12.1. The van der Waals surface area contributed by atoms with Crippen LogP contribution in [-0.4, -0.2) is 51.5 Å². The van der Waals surface area contributed by atoms with Gasteiger partial charge in [0, 0.05) is 6.42 Å². The van der Waals surface area contributed by atoms with E-state index in [4.69, 9.17) is 5.11 Å². The molecule has 0 bridgehead atoms. The van der Waals surface area contributed by atoms with E-state index in [9.17, 15) is 13.2 Å². The summed E-state index contributed by atoms with van der Waals surface area (Å²) in [5, 5.41) is 17.5. The average Bonchev–Trinajstić information content (AvgIpc) is 2.89. The first-order valence-electron chi connectivity index (χ1n) is 6.77. The molecule has 1 aromatic heterocycles. The molecule has 0 aromatic carbocycles. The van der Waals surface area contributed by atoms with Crippen LogP contribution in [0.25, 0.3) is 0 Å². The van der Waals surface area contributed by atoms with Gasteiger partial charge in [0.25, 0.3) is 0 Å². The van der Waals surface area contributed by atoms with Crippen molar-refractivity contribution in [2.24, 2.45) is 0 Å². The molecule has 2 heterocycles. The lowest BCUT2D eigenvalue weighted by atomic mass is 10.0. The molecule has 1 saturated heterocycles. The molecule has 0 amide bonds. The van der Waals surface area contributed by atoms with Crippen molar-refractivity contribution in [1.29, 1.82) is 0 Å². The normalized spacial score (nSPS) is 24.3. The summed E-state index contributed by atoms with van der Waals surface area (Å²) in [4.78, 5) is 10.7. The van der Waals surface area contributed by atoms with Crippen molar-refractivity contribution in [2.75, 3.05) is 17.3 Å². The fourth-order valence-electron chi connectivity index (χ4n) is 2.62. The third-order valence-electron chi connectivity index (χ3n) is 3.52. The number of carboxylic acids is 1. The zero-order valence-corrected chi connectivity index (χ0v) is 13.7. The molecule has 0 radical (unpaired) electrons. The summed E-state index contributed by atoms with van der Waals surface area (Å²) >= 11 is 1.08. The van der Waals surface area contributed by atoms with Crippen LogP contribution in [0.5, 0.6) is 0 Å². The summed E-state index contributed by atoms with van der Waals surface area (Å²) in [5.41, 5.74) is -0.590. The Bertz CT molecular complexity index is 641. The zero-order chi connectivity index (χ0) is 15.7. The van der Waals surface area contributed by atoms with Gasteiger partial charge in [-0.3, -0.25) is 9.36 Å². The Kier molecular flexibility index (Phi) is 4.62. The number of hydrogen-bond donors (Lipinski definition) is 1. The van der Waals surface area contributed by atoms with Crippen molar-refractivity contribution in [3.05, 3.63) is 5.82 Å². The number of aliphatic carboxylic acids is 1. The highest BCUT2D eigenvalue weighted by Crippen LogP contribution is 2.35. The Morgan fingerprint density at radius 2 is 2.19 bits per heavy atom. The van der Waals surface area contributed by atoms with Gasteiger partial charge >= 0.3 is 5.97 Å². The number of hydrogen-bond acceptors (Lipinski definition) is 6. The average molecular weight is 333 g/mol. The first-order valence-corrected chi connectivity index (χ1v) is 9.58. The Hall–Kier alpha value is -1.09. The summed E-state index contributed by atoms with van der Waals surface area (Å²) in [6, 6.07) is 0. The summed E-state index contributed by atoms with van der Waals surface area (Å²) in [5.74, 6) is -0.126. The predicted octanol–water partition coefficient (Wildman–Crippen LogP) is 0.941. The summed E-state index contributed by atoms with van der Waals surface area (Å²) in [6.07, 6.45) is 2.06. The van der Waals surface area contributed by atoms with Crippen LogP contribution in [-0.2, 0) is 26.6 Å². The van der Waals surface area contributed by atoms with Gasteiger partial charge in [0.15, 0.2) is 15.0 Å². The molecule has 1 N–H and O–H groups in total. The fraction of sp³-hybridized carbons (Fsp3) is 0.750. The first-order chi connectivity index (χ1) is 9.77. The minimum absolute atomic E-state index is 0.0510. The Balaban J connectivity index is 2.39. The van der Waals surface area contributed by atoms with Crippen LogP contribution < -0.4 is 0 Å². The lowest BCUT2D eigenvalue weighted by Gasteiger charge is -2.27. The number of sulfone groups is 1. The van der Waals surface area contributed by atoms with Crippen molar-refractivity contribution in [1.82, 2.24) is 14.8 Å². The summed E-state index contributed by atoms with van der Waals surface area (Å²) in [6.45, 7) is 3.89. The standard InChI is InChI=1S/C12H19N3O4S2/c1-3-4-9-13-14-11(20-7-10(16)17)15(9)12(2)5-6-21(18,19)8-12/h3-8H2,1-2H3,(H,16,17). The topological polar surface area (TPSA) is 102 Å². The molecule has 21 heavy (non-hydrogen) atoms. The van der Waals surface area contributed by atoms with Gasteiger partial charge in [-0.05, 0) is 19.8 Å². The highest BCUT2D eigenvalue weighted by Gasteiger charge is 2.42. The van der Waals surface area contributed by atoms with Crippen LogP contribution in [0.15, 0.2) is 5.16 Å². The smallest absolute Gasteiger partial charge is 0.313 e. The number of rotatable bonds is 6. The molecule has 0 saturated carbocycles. The van der Waals surface area contributed by atoms with Crippen molar-refractivity contribution in [2.45, 2.75) is 43.8 Å². The minimum atomic E-state index is -3.06. The second-order valence-electron chi connectivity index (χ2n) is 5.51. The van der Waals surface area contributed by atoms with Crippen LogP contribution in [0.4, 0.5) is 0 Å². The largest absolute Gasteiger partial charge is 0.481 e. The molecule has 7 nitrogen and oxygen atoms in total. The minimum Gasteiger partial charge on any atom is -0.481 e. The molecule has 2 rings (SSSR count). The lowest BCUT2D eigenvalue weighted by molar-refractivity contribution is -0.133. The lowest BCUT2D eigenvalue weighted by Crippen LogP contribution is -2.33. The summed E-state index contributed by atoms with van der Waals surface area (Å²) < 4.78 is 25.5. The molecule has 1 aliphatic heterocycles. The van der Waals surface area contributed by atoms with E-state index in [0.29, 0.717) is 18.0 Å². The molecule has 1 aromatic rings. The van der Waals surface area contributed by atoms with E-state index in [1.165, 1.54) is 0 Å². The molecular formula is C12H19N3O4S2. The second-order valence-corrected chi connectivity index (χ2v) is 8.63. The van der Waals surface area contributed by atoms with Crippen LogP contribution >= 0.6 is 11.8 Å². The van der Waals surface area contributed by atoms with Gasteiger partial charge in [0.1, 0.15) is 5.82 Å². The van der Waals surface area contributed by atoms with Crippen molar-refractivity contribution < 1.29 is 18.3 Å².